The molecule has 0 saturated carbocycles. The number of benzene rings is 2. The Kier molecular flexibility index (Phi) is 8.44. The summed E-state index contributed by atoms with van der Waals surface area (Å²) in [5, 5.41) is 4.33. The molecule has 2 saturated heterocycles. The molecule has 172 valence electrons. The van der Waals surface area contributed by atoms with Crippen molar-refractivity contribution >= 4 is 29.1 Å². The van der Waals surface area contributed by atoms with Gasteiger partial charge < -0.3 is 10.1 Å². The zero-order valence-electron chi connectivity index (χ0n) is 18.4. The lowest BCUT2D eigenvalue weighted by Crippen LogP contribution is -2.40. The van der Waals surface area contributed by atoms with Crippen LogP contribution in [0, 0.1) is 5.92 Å². The summed E-state index contributed by atoms with van der Waals surface area (Å²) in [6.07, 6.45) is 1.76. The van der Waals surface area contributed by atoms with Gasteiger partial charge in [0.2, 0.25) is 5.91 Å². The van der Waals surface area contributed by atoms with E-state index < -0.39 is 0 Å². The van der Waals surface area contributed by atoms with Gasteiger partial charge in [0, 0.05) is 38.6 Å². The SMILES string of the molecule is O=C(NCc1cccc(CN2CCOCC2)c1)C1CCN(Cc2ccc(Cl)c(Cl)c2)CC1. The fourth-order valence-corrected chi connectivity index (χ4v) is 4.76. The molecule has 1 N–H and O–H groups in total. The summed E-state index contributed by atoms with van der Waals surface area (Å²) in [4.78, 5) is 17.5. The van der Waals surface area contributed by atoms with Crippen LogP contribution in [0.2, 0.25) is 10.0 Å². The van der Waals surface area contributed by atoms with Crippen LogP contribution in [-0.4, -0.2) is 55.1 Å². The van der Waals surface area contributed by atoms with E-state index in [1.165, 1.54) is 5.56 Å². The molecule has 0 spiro atoms. The fourth-order valence-electron chi connectivity index (χ4n) is 4.44. The van der Waals surface area contributed by atoms with Gasteiger partial charge in [-0.25, -0.2) is 0 Å². The number of rotatable bonds is 7. The minimum absolute atomic E-state index is 0.0802. The Hall–Kier alpha value is -1.63. The number of halogens is 2. The van der Waals surface area contributed by atoms with E-state index in [0.717, 1.165) is 76.5 Å². The van der Waals surface area contributed by atoms with E-state index in [4.69, 9.17) is 27.9 Å². The summed E-state index contributed by atoms with van der Waals surface area (Å²) in [7, 11) is 0. The van der Waals surface area contributed by atoms with E-state index in [1.807, 2.05) is 18.2 Å². The van der Waals surface area contributed by atoms with Gasteiger partial charge in [0.05, 0.1) is 23.3 Å². The summed E-state index contributed by atoms with van der Waals surface area (Å²) in [5.74, 6) is 0.245. The van der Waals surface area contributed by atoms with Crippen molar-refractivity contribution in [2.24, 2.45) is 5.92 Å². The van der Waals surface area contributed by atoms with Crippen LogP contribution in [0.25, 0.3) is 0 Å². The van der Waals surface area contributed by atoms with E-state index in [-0.39, 0.29) is 11.8 Å². The zero-order valence-corrected chi connectivity index (χ0v) is 19.9. The highest BCUT2D eigenvalue weighted by molar-refractivity contribution is 6.42. The molecule has 2 aliphatic heterocycles. The van der Waals surface area contributed by atoms with Crippen molar-refractivity contribution in [1.29, 1.82) is 0 Å². The second kappa shape index (κ2) is 11.5. The van der Waals surface area contributed by atoms with E-state index >= 15 is 0 Å². The highest BCUT2D eigenvalue weighted by Crippen LogP contribution is 2.25. The van der Waals surface area contributed by atoms with Crippen molar-refractivity contribution < 1.29 is 9.53 Å². The van der Waals surface area contributed by atoms with Crippen LogP contribution in [0.15, 0.2) is 42.5 Å². The van der Waals surface area contributed by atoms with Crippen molar-refractivity contribution in [3.8, 4) is 0 Å². The molecule has 2 aliphatic rings. The number of carbonyl (C=O) groups is 1. The third kappa shape index (κ3) is 6.69. The number of ether oxygens (including phenoxy) is 1. The zero-order chi connectivity index (χ0) is 22.3. The topological polar surface area (TPSA) is 44.8 Å². The smallest absolute Gasteiger partial charge is 0.223 e. The number of amides is 1. The van der Waals surface area contributed by atoms with E-state index in [2.05, 4.69) is 39.4 Å². The number of nitrogens with one attached hydrogen (secondary N) is 1. The van der Waals surface area contributed by atoms with Crippen LogP contribution in [0.5, 0.6) is 0 Å². The molecule has 0 aliphatic carbocycles. The Morgan fingerprint density at radius 2 is 1.53 bits per heavy atom. The number of likely N-dealkylation sites (tertiary alicyclic amines) is 1. The third-order valence-electron chi connectivity index (χ3n) is 6.32. The number of hydrogen-bond acceptors (Lipinski definition) is 4. The summed E-state index contributed by atoms with van der Waals surface area (Å²) in [6, 6.07) is 14.3. The lowest BCUT2D eigenvalue weighted by molar-refractivity contribution is -0.126. The fraction of sp³-hybridized carbons (Fsp3) is 0.480. The molecule has 5 nitrogen and oxygen atoms in total. The molecule has 4 rings (SSSR count). The van der Waals surface area contributed by atoms with Crippen LogP contribution < -0.4 is 5.32 Å². The quantitative estimate of drug-likeness (QED) is 0.646. The number of hydrogen-bond donors (Lipinski definition) is 1. The predicted octanol–water partition coefficient (Wildman–Crippen LogP) is 4.35. The monoisotopic (exact) mass is 475 g/mol. The van der Waals surface area contributed by atoms with Crippen molar-refractivity contribution in [3.05, 3.63) is 69.2 Å². The molecule has 0 unspecified atom stereocenters. The van der Waals surface area contributed by atoms with Gasteiger partial charge in [-0.1, -0.05) is 53.5 Å². The molecule has 0 atom stereocenters. The number of piperidine rings is 1. The second-order valence-corrected chi connectivity index (χ2v) is 9.54. The van der Waals surface area contributed by atoms with Gasteiger partial charge >= 0.3 is 0 Å². The van der Waals surface area contributed by atoms with Gasteiger partial charge in [-0.05, 0) is 54.8 Å². The minimum Gasteiger partial charge on any atom is -0.379 e. The molecule has 2 heterocycles. The summed E-state index contributed by atoms with van der Waals surface area (Å²) in [6.45, 7) is 7.74. The average molecular weight is 476 g/mol. The number of nitrogens with zero attached hydrogens (tertiary/aromatic N) is 2. The Balaban J connectivity index is 1.21. The maximum Gasteiger partial charge on any atom is 0.223 e. The average Bonchev–Trinajstić information content (AvgIpc) is 2.81. The first kappa shape index (κ1) is 23.5. The van der Waals surface area contributed by atoms with Gasteiger partial charge in [0.15, 0.2) is 0 Å². The predicted molar refractivity (Wildman–Crippen MR) is 129 cm³/mol. The van der Waals surface area contributed by atoms with Crippen molar-refractivity contribution in [1.82, 2.24) is 15.1 Å². The Bertz CT molecular complexity index is 910. The summed E-state index contributed by atoms with van der Waals surface area (Å²) < 4.78 is 5.43. The number of carbonyl (C=O) groups excluding carboxylic acids is 1. The van der Waals surface area contributed by atoms with E-state index in [1.54, 1.807) is 0 Å². The van der Waals surface area contributed by atoms with Crippen LogP contribution in [0.4, 0.5) is 0 Å². The Morgan fingerprint density at radius 1 is 0.875 bits per heavy atom. The van der Waals surface area contributed by atoms with Gasteiger partial charge in [-0.15, -0.1) is 0 Å². The second-order valence-electron chi connectivity index (χ2n) is 8.73. The van der Waals surface area contributed by atoms with Gasteiger partial charge in [-0.2, -0.15) is 0 Å². The normalized spacial score (nSPS) is 18.6. The first-order valence-electron chi connectivity index (χ1n) is 11.4. The molecule has 0 radical (unpaired) electrons. The van der Waals surface area contributed by atoms with Crippen LogP contribution in [0.1, 0.15) is 29.5 Å². The molecule has 2 aromatic rings. The van der Waals surface area contributed by atoms with Crippen LogP contribution in [0.3, 0.4) is 0 Å². The standard InChI is InChI=1S/C25H31Cl2N3O2/c26-23-5-4-21(15-24(23)27)18-29-8-6-22(7-9-29)25(31)28-16-19-2-1-3-20(14-19)17-30-10-12-32-13-11-30/h1-5,14-15,22H,6-13,16-18H2,(H,28,31). The van der Waals surface area contributed by atoms with Crippen molar-refractivity contribution in [2.75, 3.05) is 39.4 Å². The van der Waals surface area contributed by atoms with E-state index in [0.29, 0.717) is 16.6 Å². The molecule has 2 fully saturated rings. The molecule has 7 heteroatoms. The molecule has 32 heavy (non-hydrogen) atoms. The highest BCUT2D eigenvalue weighted by atomic mass is 35.5. The first-order chi connectivity index (χ1) is 15.6. The lowest BCUT2D eigenvalue weighted by atomic mass is 9.95. The van der Waals surface area contributed by atoms with Gasteiger partial charge in [0.1, 0.15) is 0 Å². The van der Waals surface area contributed by atoms with Crippen molar-refractivity contribution in [3.63, 3.8) is 0 Å². The summed E-state index contributed by atoms with van der Waals surface area (Å²) in [5.41, 5.74) is 3.59. The molecule has 0 aromatic heterocycles. The maximum atomic E-state index is 12.7. The molecular weight excluding hydrogens is 445 g/mol. The van der Waals surface area contributed by atoms with Gasteiger partial charge in [-0.3, -0.25) is 14.6 Å². The third-order valence-corrected chi connectivity index (χ3v) is 7.06. The van der Waals surface area contributed by atoms with Crippen molar-refractivity contribution in [2.45, 2.75) is 32.5 Å². The largest absolute Gasteiger partial charge is 0.379 e. The lowest BCUT2D eigenvalue weighted by Gasteiger charge is -2.31. The molecule has 1 amide bonds. The molecular formula is C25H31Cl2N3O2. The summed E-state index contributed by atoms with van der Waals surface area (Å²) >= 11 is 12.1. The van der Waals surface area contributed by atoms with Crippen LogP contribution in [-0.2, 0) is 29.2 Å². The molecule has 0 bridgehead atoms. The van der Waals surface area contributed by atoms with Crippen LogP contribution >= 0.6 is 23.2 Å². The highest BCUT2D eigenvalue weighted by Gasteiger charge is 2.25. The Morgan fingerprint density at radius 3 is 2.25 bits per heavy atom. The maximum absolute atomic E-state index is 12.7. The Labute approximate surface area is 200 Å². The number of morpholine rings is 1. The first-order valence-corrected chi connectivity index (χ1v) is 12.1. The van der Waals surface area contributed by atoms with Gasteiger partial charge in [0.25, 0.3) is 0 Å². The van der Waals surface area contributed by atoms with E-state index in [9.17, 15) is 4.79 Å². The minimum atomic E-state index is 0.0802. The molecule has 2 aromatic carbocycles.